The average molecular weight is 323 g/mol. The molecule has 0 aromatic carbocycles. The van der Waals surface area contributed by atoms with E-state index in [1.807, 2.05) is 0 Å². The van der Waals surface area contributed by atoms with E-state index in [9.17, 15) is 8.42 Å². The Hall–Kier alpha value is 0.160. The number of nitrogens with zero attached hydrogens (tertiary/aromatic N) is 2. The maximum absolute atomic E-state index is 12.7. The van der Waals surface area contributed by atoms with E-state index >= 15 is 0 Å². The smallest absolute Gasteiger partial charge is 0.195 e. The lowest BCUT2D eigenvalue weighted by atomic mass is 9.85. The molecular formula is C14H27ClN2O2S. The summed E-state index contributed by atoms with van der Waals surface area (Å²) in [6, 6.07) is 0. The number of hydrogen-bond donors (Lipinski definition) is 0. The molecule has 0 aromatic rings. The molecule has 2 rings (SSSR count). The first-order valence-electron chi connectivity index (χ1n) is 7.66. The molecule has 2 aliphatic rings. The molecular weight excluding hydrogens is 296 g/mol. The van der Waals surface area contributed by atoms with Crippen LogP contribution in [0.3, 0.4) is 0 Å². The van der Waals surface area contributed by atoms with Crippen LogP contribution in [0.15, 0.2) is 0 Å². The highest BCUT2D eigenvalue weighted by atomic mass is 35.5. The quantitative estimate of drug-likeness (QED) is 0.750. The average Bonchev–Trinajstić information content (AvgIpc) is 2.60. The van der Waals surface area contributed by atoms with E-state index in [0.717, 1.165) is 32.1 Å². The molecule has 0 aliphatic carbocycles. The van der Waals surface area contributed by atoms with Gasteiger partial charge in [0.05, 0.1) is 0 Å². The lowest BCUT2D eigenvalue weighted by molar-refractivity contribution is 0.263. The largest absolute Gasteiger partial charge is 0.281 e. The lowest BCUT2D eigenvalue weighted by Gasteiger charge is -2.34. The zero-order valence-corrected chi connectivity index (χ0v) is 14.2. The molecule has 4 nitrogen and oxygen atoms in total. The van der Waals surface area contributed by atoms with Crippen molar-refractivity contribution in [2.75, 3.05) is 32.1 Å². The van der Waals surface area contributed by atoms with Crippen molar-refractivity contribution in [1.82, 2.24) is 8.61 Å². The molecule has 2 heterocycles. The van der Waals surface area contributed by atoms with Gasteiger partial charge in [-0.1, -0.05) is 13.8 Å². The SMILES string of the molecule is CC1(C)CCCN(S(=O)(=O)N2CCC(CCl)CC2)CC1. The topological polar surface area (TPSA) is 40.6 Å². The van der Waals surface area contributed by atoms with E-state index in [0.29, 0.717) is 38.0 Å². The molecule has 0 N–H and O–H groups in total. The van der Waals surface area contributed by atoms with Crippen LogP contribution >= 0.6 is 11.6 Å². The number of alkyl halides is 1. The molecule has 0 spiro atoms. The van der Waals surface area contributed by atoms with Crippen molar-refractivity contribution >= 4 is 21.8 Å². The summed E-state index contributed by atoms with van der Waals surface area (Å²) in [7, 11) is -3.27. The molecule has 118 valence electrons. The molecule has 20 heavy (non-hydrogen) atoms. The molecule has 0 saturated carbocycles. The number of rotatable bonds is 3. The van der Waals surface area contributed by atoms with Gasteiger partial charge in [0.2, 0.25) is 0 Å². The van der Waals surface area contributed by atoms with Crippen LogP contribution in [-0.2, 0) is 10.2 Å². The summed E-state index contributed by atoms with van der Waals surface area (Å²) in [4.78, 5) is 0. The highest BCUT2D eigenvalue weighted by Gasteiger charge is 2.35. The Bertz CT molecular complexity index is 417. The fourth-order valence-corrected chi connectivity index (χ4v) is 5.08. The standard InChI is InChI=1S/C14H27ClN2O2S/c1-14(2)6-3-8-16(11-7-14)20(18,19)17-9-4-13(12-15)5-10-17/h13H,3-12H2,1-2H3. The Morgan fingerprint density at radius 3 is 2.25 bits per heavy atom. The summed E-state index contributed by atoms with van der Waals surface area (Å²) < 4.78 is 28.8. The summed E-state index contributed by atoms with van der Waals surface area (Å²) in [5.41, 5.74) is 0.260. The van der Waals surface area contributed by atoms with Crippen molar-refractivity contribution in [2.45, 2.75) is 46.0 Å². The fraction of sp³-hybridized carbons (Fsp3) is 1.00. The van der Waals surface area contributed by atoms with Gasteiger partial charge in [0, 0.05) is 32.1 Å². The predicted molar refractivity (Wildman–Crippen MR) is 83.1 cm³/mol. The van der Waals surface area contributed by atoms with Crippen molar-refractivity contribution in [3.8, 4) is 0 Å². The van der Waals surface area contributed by atoms with E-state index in [2.05, 4.69) is 13.8 Å². The molecule has 0 aromatic heterocycles. The van der Waals surface area contributed by atoms with Crippen LogP contribution in [-0.4, -0.2) is 49.1 Å². The summed E-state index contributed by atoms with van der Waals surface area (Å²) in [5.74, 6) is 1.12. The minimum absolute atomic E-state index is 0.260. The zero-order valence-electron chi connectivity index (χ0n) is 12.6. The maximum Gasteiger partial charge on any atom is 0.281 e. The number of halogens is 1. The maximum atomic E-state index is 12.7. The van der Waals surface area contributed by atoms with Gasteiger partial charge in [-0.2, -0.15) is 17.0 Å². The molecule has 0 amide bonds. The van der Waals surface area contributed by atoms with Gasteiger partial charge in [-0.3, -0.25) is 0 Å². The zero-order chi connectivity index (χ0) is 14.8. The monoisotopic (exact) mass is 322 g/mol. The van der Waals surface area contributed by atoms with Crippen LogP contribution in [0.4, 0.5) is 0 Å². The third-order valence-corrected chi connectivity index (χ3v) is 7.22. The first kappa shape index (κ1) is 16.5. The number of piperidine rings is 1. The van der Waals surface area contributed by atoms with Gasteiger partial charge in [0.25, 0.3) is 10.2 Å². The van der Waals surface area contributed by atoms with Crippen molar-refractivity contribution < 1.29 is 8.42 Å². The molecule has 0 bridgehead atoms. The third kappa shape index (κ3) is 3.87. The Morgan fingerprint density at radius 1 is 1.05 bits per heavy atom. The van der Waals surface area contributed by atoms with Crippen molar-refractivity contribution in [3.05, 3.63) is 0 Å². The Morgan fingerprint density at radius 2 is 1.65 bits per heavy atom. The van der Waals surface area contributed by atoms with Crippen LogP contribution < -0.4 is 0 Å². The van der Waals surface area contributed by atoms with Crippen LogP contribution in [0.2, 0.25) is 0 Å². The van der Waals surface area contributed by atoms with Crippen molar-refractivity contribution in [2.24, 2.45) is 11.3 Å². The fourth-order valence-electron chi connectivity index (χ4n) is 3.09. The van der Waals surface area contributed by atoms with Gasteiger partial charge in [-0.05, 0) is 43.4 Å². The minimum atomic E-state index is -3.27. The van der Waals surface area contributed by atoms with Crippen LogP contribution in [0.25, 0.3) is 0 Å². The highest BCUT2D eigenvalue weighted by molar-refractivity contribution is 7.86. The Balaban J connectivity index is 2.00. The van der Waals surface area contributed by atoms with Gasteiger partial charge in [0.15, 0.2) is 0 Å². The molecule has 2 aliphatic heterocycles. The van der Waals surface area contributed by atoms with Crippen LogP contribution in [0.1, 0.15) is 46.0 Å². The second kappa shape index (κ2) is 6.51. The predicted octanol–water partition coefficient (Wildman–Crippen LogP) is 2.69. The lowest BCUT2D eigenvalue weighted by Crippen LogP contribution is -2.47. The van der Waals surface area contributed by atoms with Crippen LogP contribution in [0, 0.1) is 11.3 Å². The van der Waals surface area contributed by atoms with E-state index < -0.39 is 10.2 Å². The summed E-state index contributed by atoms with van der Waals surface area (Å²) in [6.07, 6.45) is 4.80. The normalized spacial score (nSPS) is 27.4. The Kier molecular flexibility index (Phi) is 5.38. The molecule has 0 unspecified atom stereocenters. The van der Waals surface area contributed by atoms with Crippen LogP contribution in [0.5, 0.6) is 0 Å². The van der Waals surface area contributed by atoms with Gasteiger partial charge in [-0.25, -0.2) is 0 Å². The van der Waals surface area contributed by atoms with E-state index in [4.69, 9.17) is 11.6 Å². The van der Waals surface area contributed by atoms with Gasteiger partial charge < -0.3 is 0 Å². The minimum Gasteiger partial charge on any atom is -0.195 e. The van der Waals surface area contributed by atoms with E-state index in [-0.39, 0.29) is 5.41 Å². The summed E-state index contributed by atoms with van der Waals surface area (Å²) in [5, 5.41) is 0. The van der Waals surface area contributed by atoms with Gasteiger partial charge in [-0.15, -0.1) is 11.6 Å². The first-order chi connectivity index (χ1) is 9.35. The molecule has 6 heteroatoms. The molecule has 0 atom stereocenters. The van der Waals surface area contributed by atoms with Crippen molar-refractivity contribution in [3.63, 3.8) is 0 Å². The number of hydrogen-bond acceptors (Lipinski definition) is 2. The van der Waals surface area contributed by atoms with E-state index in [1.165, 1.54) is 0 Å². The molecule has 2 fully saturated rings. The van der Waals surface area contributed by atoms with Gasteiger partial charge >= 0.3 is 0 Å². The third-order valence-electron chi connectivity index (χ3n) is 4.74. The highest BCUT2D eigenvalue weighted by Crippen LogP contribution is 2.31. The van der Waals surface area contributed by atoms with Crippen molar-refractivity contribution in [1.29, 1.82) is 0 Å². The molecule has 2 saturated heterocycles. The summed E-state index contributed by atoms with van der Waals surface area (Å²) in [6.45, 7) is 7.04. The van der Waals surface area contributed by atoms with E-state index in [1.54, 1.807) is 8.61 Å². The van der Waals surface area contributed by atoms with Gasteiger partial charge in [0.1, 0.15) is 0 Å². The second-order valence-corrected chi connectivity index (χ2v) is 9.16. The second-order valence-electron chi connectivity index (χ2n) is 6.92. The summed E-state index contributed by atoms with van der Waals surface area (Å²) >= 11 is 5.87. The Labute approximate surface area is 128 Å². The molecule has 0 radical (unpaired) electrons. The first-order valence-corrected chi connectivity index (χ1v) is 9.59.